The molecule has 2 aromatic heterocycles. The SMILES string of the molecule is Nc1ccccc1-c1nn2c(C3CCCC3)nnc2s1. The first kappa shape index (κ1) is 11.8. The van der Waals surface area contributed by atoms with Crippen molar-refractivity contribution in [1.82, 2.24) is 19.8 Å². The first-order valence-electron chi connectivity index (χ1n) is 6.90. The molecule has 0 aliphatic heterocycles. The van der Waals surface area contributed by atoms with Gasteiger partial charge in [-0.1, -0.05) is 36.3 Å². The highest BCUT2D eigenvalue weighted by Crippen LogP contribution is 2.35. The second kappa shape index (κ2) is 4.56. The van der Waals surface area contributed by atoms with Crippen molar-refractivity contribution >= 4 is 22.0 Å². The van der Waals surface area contributed by atoms with Crippen molar-refractivity contribution in [2.45, 2.75) is 31.6 Å². The number of fused-ring (bicyclic) bond motifs is 1. The molecule has 1 aliphatic carbocycles. The monoisotopic (exact) mass is 285 g/mol. The average molecular weight is 285 g/mol. The Morgan fingerprint density at radius 1 is 1.15 bits per heavy atom. The summed E-state index contributed by atoms with van der Waals surface area (Å²) in [6, 6.07) is 7.81. The lowest BCUT2D eigenvalue weighted by atomic mass is 10.1. The van der Waals surface area contributed by atoms with Crippen molar-refractivity contribution in [3.05, 3.63) is 30.1 Å². The number of nitrogens with zero attached hydrogens (tertiary/aromatic N) is 4. The molecule has 20 heavy (non-hydrogen) atoms. The minimum absolute atomic E-state index is 0.507. The summed E-state index contributed by atoms with van der Waals surface area (Å²) in [6.45, 7) is 0. The van der Waals surface area contributed by atoms with Crippen LogP contribution in [0.15, 0.2) is 24.3 Å². The van der Waals surface area contributed by atoms with Crippen LogP contribution in [0.4, 0.5) is 5.69 Å². The zero-order valence-electron chi connectivity index (χ0n) is 11.0. The highest BCUT2D eigenvalue weighted by atomic mass is 32.1. The summed E-state index contributed by atoms with van der Waals surface area (Å²) in [5, 5.41) is 14.2. The molecule has 0 unspecified atom stereocenters. The van der Waals surface area contributed by atoms with Crippen LogP contribution in [-0.2, 0) is 0 Å². The molecular formula is C14H15N5S. The van der Waals surface area contributed by atoms with Crippen molar-refractivity contribution in [3.63, 3.8) is 0 Å². The number of hydrogen-bond acceptors (Lipinski definition) is 5. The predicted molar refractivity (Wildman–Crippen MR) is 79.7 cm³/mol. The normalized spacial score (nSPS) is 16.2. The van der Waals surface area contributed by atoms with Gasteiger partial charge in [0, 0.05) is 17.2 Å². The van der Waals surface area contributed by atoms with Gasteiger partial charge in [0.1, 0.15) is 5.01 Å². The summed E-state index contributed by atoms with van der Waals surface area (Å²) in [5.74, 6) is 1.52. The van der Waals surface area contributed by atoms with Crippen molar-refractivity contribution < 1.29 is 0 Å². The molecule has 0 saturated heterocycles. The molecule has 0 amide bonds. The molecule has 4 rings (SSSR count). The van der Waals surface area contributed by atoms with Gasteiger partial charge in [-0.25, -0.2) is 0 Å². The molecule has 3 aromatic rings. The van der Waals surface area contributed by atoms with Gasteiger partial charge in [0.05, 0.1) is 0 Å². The highest BCUT2D eigenvalue weighted by molar-refractivity contribution is 7.19. The molecular weight excluding hydrogens is 270 g/mol. The summed E-state index contributed by atoms with van der Waals surface area (Å²) in [7, 11) is 0. The molecule has 2 N–H and O–H groups in total. The fourth-order valence-corrected chi connectivity index (χ4v) is 3.77. The number of anilines is 1. The third-order valence-corrected chi connectivity index (χ3v) is 4.86. The molecule has 2 heterocycles. The summed E-state index contributed by atoms with van der Waals surface area (Å²) in [6.07, 6.45) is 4.95. The largest absolute Gasteiger partial charge is 0.398 e. The quantitative estimate of drug-likeness (QED) is 0.735. The molecule has 1 aromatic carbocycles. The van der Waals surface area contributed by atoms with Crippen LogP contribution in [0.5, 0.6) is 0 Å². The number of hydrogen-bond donors (Lipinski definition) is 1. The van der Waals surface area contributed by atoms with Crippen LogP contribution in [0.2, 0.25) is 0 Å². The second-order valence-electron chi connectivity index (χ2n) is 5.23. The lowest BCUT2D eigenvalue weighted by molar-refractivity contribution is 0.641. The lowest BCUT2D eigenvalue weighted by Crippen LogP contribution is -2.01. The van der Waals surface area contributed by atoms with Crippen LogP contribution in [-0.4, -0.2) is 19.8 Å². The van der Waals surface area contributed by atoms with Crippen molar-refractivity contribution in [2.75, 3.05) is 5.73 Å². The topological polar surface area (TPSA) is 69.1 Å². The Labute approximate surface area is 120 Å². The minimum Gasteiger partial charge on any atom is -0.398 e. The predicted octanol–water partition coefficient (Wildman–Crippen LogP) is 3.09. The maximum atomic E-state index is 6.02. The van der Waals surface area contributed by atoms with Gasteiger partial charge in [0.25, 0.3) is 0 Å². The zero-order chi connectivity index (χ0) is 13.5. The third kappa shape index (κ3) is 1.79. The van der Waals surface area contributed by atoms with E-state index in [-0.39, 0.29) is 0 Å². The Hall–Kier alpha value is -1.95. The van der Waals surface area contributed by atoms with E-state index in [0.29, 0.717) is 5.92 Å². The van der Waals surface area contributed by atoms with Crippen LogP contribution in [0.25, 0.3) is 15.5 Å². The Balaban J connectivity index is 1.81. The standard InChI is InChI=1S/C14H15N5S/c15-11-8-4-3-7-10(11)13-18-19-12(9-5-1-2-6-9)16-17-14(19)20-13/h3-4,7-9H,1-2,5-6,15H2. The van der Waals surface area contributed by atoms with Gasteiger partial charge in [0.15, 0.2) is 5.82 Å². The molecule has 5 nitrogen and oxygen atoms in total. The Morgan fingerprint density at radius 2 is 1.95 bits per heavy atom. The van der Waals surface area contributed by atoms with Gasteiger partial charge in [-0.15, -0.1) is 10.2 Å². The molecule has 1 saturated carbocycles. The van der Waals surface area contributed by atoms with Gasteiger partial charge in [0.2, 0.25) is 4.96 Å². The summed E-state index contributed by atoms with van der Waals surface area (Å²) < 4.78 is 1.91. The lowest BCUT2D eigenvalue weighted by Gasteiger charge is -2.03. The van der Waals surface area contributed by atoms with Crippen LogP contribution >= 0.6 is 11.3 Å². The van der Waals surface area contributed by atoms with Gasteiger partial charge < -0.3 is 5.73 Å². The summed E-state index contributed by atoms with van der Waals surface area (Å²) in [4.78, 5) is 0.852. The van der Waals surface area contributed by atoms with E-state index in [4.69, 9.17) is 5.73 Å². The van der Waals surface area contributed by atoms with E-state index >= 15 is 0 Å². The number of nitrogen functional groups attached to an aromatic ring is 1. The van der Waals surface area contributed by atoms with E-state index in [1.165, 1.54) is 25.7 Å². The average Bonchev–Trinajstić information content (AvgIpc) is 3.14. The smallest absolute Gasteiger partial charge is 0.234 e. The fraction of sp³-hybridized carbons (Fsp3) is 0.357. The van der Waals surface area contributed by atoms with Crippen LogP contribution in [0.3, 0.4) is 0 Å². The van der Waals surface area contributed by atoms with E-state index in [2.05, 4.69) is 15.3 Å². The second-order valence-corrected chi connectivity index (χ2v) is 6.18. The highest BCUT2D eigenvalue weighted by Gasteiger charge is 2.24. The fourth-order valence-electron chi connectivity index (χ4n) is 2.87. The zero-order valence-corrected chi connectivity index (χ0v) is 11.8. The summed E-state index contributed by atoms with van der Waals surface area (Å²) in [5.41, 5.74) is 7.75. The molecule has 6 heteroatoms. The molecule has 0 atom stereocenters. The van der Waals surface area contributed by atoms with Crippen molar-refractivity contribution in [2.24, 2.45) is 0 Å². The molecule has 0 radical (unpaired) electrons. The van der Waals surface area contributed by atoms with Crippen molar-refractivity contribution in [3.8, 4) is 10.6 Å². The molecule has 0 bridgehead atoms. The number of nitrogens with two attached hydrogens (primary N) is 1. The number of aromatic nitrogens is 4. The Morgan fingerprint density at radius 3 is 2.75 bits per heavy atom. The number of benzene rings is 1. The van der Waals surface area contributed by atoms with Crippen LogP contribution < -0.4 is 5.73 Å². The first-order chi connectivity index (χ1) is 9.83. The maximum Gasteiger partial charge on any atom is 0.234 e. The van der Waals surface area contributed by atoms with Crippen LogP contribution in [0, 0.1) is 0 Å². The first-order valence-corrected chi connectivity index (χ1v) is 7.71. The van der Waals surface area contributed by atoms with Gasteiger partial charge in [-0.05, 0) is 25.0 Å². The Kier molecular flexibility index (Phi) is 2.70. The van der Waals surface area contributed by atoms with Crippen LogP contribution in [0.1, 0.15) is 37.4 Å². The van der Waals surface area contributed by atoms with E-state index in [9.17, 15) is 0 Å². The van der Waals surface area contributed by atoms with E-state index in [0.717, 1.165) is 27.0 Å². The van der Waals surface area contributed by atoms with Gasteiger partial charge in [-0.3, -0.25) is 0 Å². The summed E-state index contributed by atoms with van der Waals surface area (Å²) >= 11 is 1.54. The number of rotatable bonds is 2. The third-order valence-electron chi connectivity index (χ3n) is 3.93. The molecule has 0 spiro atoms. The molecule has 1 fully saturated rings. The Bertz CT molecular complexity index is 754. The van der Waals surface area contributed by atoms with Gasteiger partial charge >= 0.3 is 0 Å². The van der Waals surface area contributed by atoms with E-state index < -0.39 is 0 Å². The van der Waals surface area contributed by atoms with Crippen molar-refractivity contribution in [1.29, 1.82) is 0 Å². The minimum atomic E-state index is 0.507. The number of para-hydroxylation sites is 1. The van der Waals surface area contributed by atoms with E-state index in [1.54, 1.807) is 11.3 Å². The van der Waals surface area contributed by atoms with Gasteiger partial charge in [-0.2, -0.15) is 9.61 Å². The molecule has 1 aliphatic rings. The molecule has 102 valence electrons. The van der Waals surface area contributed by atoms with E-state index in [1.807, 2.05) is 28.8 Å². The maximum absolute atomic E-state index is 6.02.